The Morgan fingerprint density at radius 1 is 1.11 bits per heavy atom. The van der Waals surface area contributed by atoms with Gasteiger partial charge in [0.15, 0.2) is 5.69 Å². The Balaban J connectivity index is 2.09. The van der Waals surface area contributed by atoms with Crippen molar-refractivity contribution in [3.63, 3.8) is 0 Å². The van der Waals surface area contributed by atoms with Crippen molar-refractivity contribution in [2.45, 2.75) is 0 Å². The number of anilines is 2. The second-order valence-electron chi connectivity index (χ2n) is 3.51. The van der Waals surface area contributed by atoms with Gasteiger partial charge in [-0.25, -0.2) is 0 Å². The maximum Gasteiger partial charge on any atom is 0.276 e. The Bertz CT molecular complexity index is 539. The summed E-state index contributed by atoms with van der Waals surface area (Å²) in [5.41, 5.74) is 1.02. The second kappa shape index (κ2) is 5.76. The number of carbonyl (C=O) groups excluding carboxylic acids is 1. The molecule has 2 aromatic rings. The predicted molar refractivity (Wildman–Crippen MR) is 78.7 cm³/mol. The molecule has 0 bridgehead atoms. The summed E-state index contributed by atoms with van der Waals surface area (Å²) in [5, 5.41) is 13.3. The van der Waals surface area contributed by atoms with Crippen molar-refractivity contribution in [3.05, 3.63) is 45.7 Å². The highest BCUT2D eigenvalue weighted by Gasteiger charge is 2.08. The number of hydrogen-bond acceptors (Lipinski definition) is 4. The number of amides is 1. The Morgan fingerprint density at radius 3 is 2.39 bits per heavy atom. The lowest BCUT2D eigenvalue weighted by atomic mass is 10.3. The quantitative estimate of drug-likeness (QED) is 0.831. The van der Waals surface area contributed by atoms with Gasteiger partial charge in [0.05, 0.1) is 0 Å². The lowest BCUT2D eigenvalue weighted by molar-refractivity contribution is 0.102. The van der Waals surface area contributed by atoms with Gasteiger partial charge >= 0.3 is 0 Å². The molecule has 2 rings (SSSR count). The van der Waals surface area contributed by atoms with E-state index < -0.39 is 0 Å². The molecule has 0 aliphatic rings. The molecule has 0 spiro atoms. The molecule has 1 aromatic carbocycles. The third-order valence-corrected chi connectivity index (χ3v) is 2.97. The molecule has 5 nitrogen and oxygen atoms in total. The van der Waals surface area contributed by atoms with Crippen molar-refractivity contribution in [1.82, 2.24) is 10.2 Å². The highest BCUT2D eigenvalue weighted by molar-refractivity contribution is 14.1. The molecule has 2 N–H and O–H groups in total. The average Bonchev–Trinajstić information content (AvgIpc) is 2.41. The normalized spacial score (nSPS) is 9.89. The monoisotopic (exact) mass is 354 g/mol. The molecule has 18 heavy (non-hydrogen) atoms. The molecule has 0 fully saturated rings. The summed E-state index contributed by atoms with van der Waals surface area (Å²) >= 11 is 2.21. The first-order chi connectivity index (χ1) is 8.69. The summed E-state index contributed by atoms with van der Waals surface area (Å²) in [6.45, 7) is 0. The first-order valence-corrected chi connectivity index (χ1v) is 6.35. The Labute approximate surface area is 118 Å². The number of rotatable bonds is 3. The van der Waals surface area contributed by atoms with E-state index >= 15 is 0 Å². The maximum absolute atomic E-state index is 11.9. The molecule has 0 unspecified atom stereocenters. The van der Waals surface area contributed by atoms with Gasteiger partial charge in [-0.2, -0.15) is 0 Å². The van der Waals surface area contributed by atoms with E-state index in [1.807, 2.05) is 24.3 Å². The largest absolute Gasteiger partial charge is 0.372 e. The molecule has 0 aliphatic heterocycles. The molecule has 1 heterocycles. The van der Waals surface area contributed by atoms with E-state index in [-0.39, 0.29) is 11.6 Å². The number of benzene rings is 1. The fourth-order valence-electron chi connectivity index (χ4n) is 1.32. The number of hydrogen-bond donors (Lipinski definition) is 2. The van der Waals surface area contributed by atoms with Crippen molar-refractivity contribution in [2.75, 3.05) is 17.7 Å². The van der Waals surface area contributed by atoms with Crippen molar-refractivity contribution in [1.29, 1.82) is 0 Å². The smallest absolute Gasteiger partial charge is 0.276 e. The zero-order valence-electron chi connectivity index (χ0n) is 9.64. The van der Waals surface area contributed by atoms with Gasteiger partial charge < -0.3 is 10.6 Å². The van der Waals surface area contributed by atoms with Crippen LogP contribution in [-0.4, -0.2) is 23.2 Å². The van der Waals surface area contributed by atoms with Crippen molar-refractivity contribution < 1.29 is 4.79 Å². The summed E-state index contributed by atoms with van der Waals surface area (Å²) in [6.07, 6.45) is 0. The SMILES string of the molecule is CNc1ccc(C(=O)Nc2ccc(I)cc2)nn1. The summed E-state index contributed by atoms with van der Waals surface area (Å²) < 4.78 is 1.11. The van der Waals surface area contributed by atoms with Gasteiger partial charge in [0, 0.05) is 16.3 Å². The third-order valence-electron chi connectivity index (χ3n) is 2.26. The number of halogens is 1. The zero-order chi connectivity index (χ0) is 13.0. The predicted octanol–water partition coefficient (Wildman–Crippen LogP) is 2.38. The molecule has 0 aliphatic carbocycles. The summed E-state index contributed by atoms with van der Waals surface area (Å²) in [7, 11) is 1.75. The Kier molecular flexibility index (Phi) is 4.08. The summed E-state index contributed by atoms with van der Waals surface area (Å²) in [5.74, 6) is 0.354. The van der Waals surface area contributed by atoms with E-state index in [0.29, 0.717) is 5.82 Å². The van der Waals surface area contributed by atoms with Crippen LogP contribution in [0.25, 0.3) is 0 Å². The van der Waals surface area contributed by atoms with Crippen molar-refractivity contribution >= 4 is 40.0 Å². The van der Waals surface area contributed by atoms with Crippen LogP contribution in [0.15, 0.2) is 36.4 Å². The number of aromatic nitrogens is 2. The van der Waals surface area contributed by atoms with Gasteiger partial charge in [-0.05, 0) is 59.0 Å². The molecule has 0 saturated heterocycles. The van der Waals surface area contributed by atoms with Crippen LogP contribution in [0, 0.1) is 3.57 Å². The lowest BCUT2D eigenvalue weighted by Gasteiger charge is -2.04. The molecule has 92 valence electrons. The van der Waals surface area contributed by atoms with Gasteiger partial charge in [-0.3, -0.25) is 4.79 Å². The van der Waals surface area contributed by atoms with Crippen molar-refractivity contribution in [2.24, 2.45) is 0 Å². The molecule has 0 atom stereocenters. The van der Waals surface area contributed by atoms with Gasteiger partial charge in [0.1, 0.15) is 5.82 Å². The zero-order valence-corrected chi connectivity index (χ0v) is 11.8. The Morgan fingerprint density at radius 2 is 1.83 bits per heavy atom. The van der Waals surface area contributed by atoms with Crippen LogP contribution in [0.1, 0.15) is 10.5 Å². The highest BCUT2D eigenvalue weighted by atomic mass is 127. The number of nitrogens with one attached hydrogen (secondary N) is 2. The molecular weight excluding hydrogens is 343 g/mol. The van der Waals surface area contributed by atoms with Gasteiger partial charge in [-0.15, -0.1) is 10.2 Å². The molecule has 6 heteroatoms. The van der Waals surface area contributed by atoms with E-state index in [1.54, 1.807) is 19.2 Å². The van der Waals surface area contributed by atoms with Gasteiger partial charge in [0.2, 0.25) is 0 Å². The fraction of sp³-hybridized carbons (Fsp3) is 0.0833. The molecule has 1 aromatic heterocycles. The first kappa shape index (κ1) is 12.7. The van der Waals surface area contributed by atoms with Crippen LogP contribution < -0.4 is 10.6 Å². The topological polar surface area (TPSA) is 66.9 Å². The van der Waals surface area contributed by atoms with Crippen LogP contribution in [0.3, 0.4) is 0 Å². The summed E-state index contributed by atoms with van der Waals surface area (Å²) in [4.78, 5) is 11.9. The van der Waals surface area contributed by atoms with E-state index in [2.05, 4.69) is 43.4 Å². The lowest BCUT2D eigenvalue weighted by Crippen LogP contribution is -2.14. The fourth-order valence-corrected chi connectivity index (χ4v) is 1.67. The Hall–Kier alpha value is -1.70. The van der Waals surface area contributed by atoms with Crippen LogP contribution in [0.4, 0.5) is 11.5 Å². The van der Waals surface area contributed by atoms with E-state index in [9.17, 15) is 4.79 Å². The summed E-state index contributed by atoms with van der Waals surface area (Å²) in [6, 6.07) is 10.9. The molecule has 1 amide bonds. The van der Waals surface area contributed by atoms with E-state index in [1.165, 1.54) is 0 Å². The average molecular weight is 354 g/mol. The van der Waals surface area contributed by atoms with Gasteiger partial charge in [0.25, 0.3) is 5.91 Å². The van der Waals surface area contributed by atoms with Crippen LogP contribution in [0.5, 0.6) is 0 Å². The van der Waals surface area contributed by atoms with Crippen LogP contribution in [0.2, 0.25) is 0 Å². The van der Waals surface area contributed by atoms with E-state index in [4.69, 9.17) is 0 Å². The molecular formula is C12H11IN4O. The van der Waals surface area contributed by atoms with Crippen molar-refractivity contribution in [3.8, 4) is 0 Å². The maximum atomic E-state index is 11.9. The molecule has 0 radical (unpaired) electrons. The number of carbonyl (C=O) groups is 1. The third kappa shape index (κ3) is 3.16. The van der Waals surface area contributed by atoms with Gasteiger partial charge in [-0.1, -0.05) is 0 Å². The second-order valence-corrected chi connectivity index (χ2v) is 4.76. The van der Waals surface area contributed by atoms with E-state index in [0.717, 1.165) is 9.26 Å². The minimum atomic E-state index is -0.272. The standard InChI is InChI=1S/C12H11IN4O/c1-14-11-7-6-10(16-17-11)12(18)15-9-4-2-8(13)3-5-9/h2-7H,1H3,(H,14,17)(H,15,18). The van der Waals surface area contributed by atoms with Crippen LogP contribution in [-0.2, 0) is 0 Å². The first-order valence-electron chi connectivity index (χ1n) is 5.27. The highest BCUT2D eigenvalue weighted by Crippen LogP contribution is 2.12. The number of nitrogens with zero attached hydrogens (tertiary/aromatic N) is 2. The minimum Gasteiger partial charge on any atom is -0.372 e. The van der Waals surface area contributed by atoms with Crippen LogP contribution >= 0.6 is 22.6 Å². The minimum absolute atomic E-state index is 0.272. The molecule has 0 saturated carbocycles.